The summed E-state index contributed by atoms with van der Waals surface area (Å²) in [6.07, 6.45) is 0. The Bertz CT molecular complexity index is 1220. The van der Waals surface area contributed by atoms with Crippen LogP contribution in [-0.2, 0) is 19.4 Å². The number of benzene rings is 2. The molecule has 1 aliphatic heterocycles. The Kier molecular flexibility index (Phi) is 7.30. The highest BCUT2D eigenvalue weighted by atomic mass is 32.2. The van der Waals surface area contributed by atoms with Gasteiger partial charge in [-0.15, -0.1) is 0 Å². The number of ether oxygens (including phenoxy) is 3. The van der Waals surface area contributed by atoms with Crippen LogP contribution in [0.3, 0.4) is 0 Å². The van der Waals surface area contributed by atoms with E-state index >= 15 is 0 Å². The molecule has 2 aromatic rings. The average molecular weight is 494 g/mol. The third-order valence-electron chi connectivity index (χ3n) is 4.99. The fourth-order valence-corrected chi connectivity index (χ4v) is 4.75. The van der Waals surface area contributed by atoms with Crippen molar-refractivity contribution in [3.8, 4) is 17.2 Å². The van der Waals surface area contributed by atoms with E-state index in [0.717, 1.165) is 24.3 Å². The van der Waals surface area contributed by atoms with Crippen molar-refractivity contribution < 1.29 is 41.7 Å². The number of aromatic hydroxyl groups is 1. The lowest BCUT2D eigenvalue weighted by atomic mass is 9.95. The molecule has 3 rings (SSSR count). The second-order valence-electron chi connectivity index (χ2n) is 7.13. The second-order valence-corrected chi connectivity index (χ2v) is 9.12. The Hall–Kier alpha value is -3.80. The summed E-state index contributed by atoms with van der Waals surface area (Å²) in [4.78, 5) is 25.2. The summed E-state index contributed by atoms with van der Waals surface area (Å²) in [7, 11) is -1.47. The predicted molar refractivity (Wildman–Crippen MR) is 118 cm³/mol. The van der Waals surface area contributed by atoms with Gasteiger partial charge in [0.2, 0.25) is 5.75 Å². The standard InChI is InChI=1S/C22H23FN2O8S/c1-4-33-21(27)18-15(11-34(29,30)14-7-5-13(23)6-8-14)24-22(28)25-19(18)12-9-16(31-2)20(26)17(10-12)32-3/h5-10,19,26H,4,11H2,1-3H3,(H2,24,25,28)/t19-/m0/s1. The zero-order valence-corrected chi connectivity index (χ0v) is 19.4. The molecule has 0 aromatic heterocycles. The van der Waals surface area contributed by atoms with Gasteiger partial charge in [0.1, 0.15) is 5.82 Å². The normalized spacial score (nSPS) is 15.9. The predicted octanol–water partition coefficient (Wildman–Crippen LogP) is 2.19. The number of urea groups is 1. The Morgan fingerprint density at radius 2 is 1.71 bits per heavy atom. The largest absolute Gasteiger partial charge is 0.502 e. The van der Waals surface area contributed by atoms with Gasteiger partial charge >= 0.3 is 12.0 Å². The molecule has 0 saturated heterocycles. The number of hydrogen-bond donors (Lipinski definition) is 3. The van der Waals surface area contributed by atoms with E-state index < -0.39 is 39.4 Å². The lowest BCUT2D eigenvalue weighted by Gasteiger charge is -2.29. The van der Waals surface area contributed by atoms with Gasteiger partial charge in [-0.25, -0.2) is 22.4 Å². The van der Waals surface area contributed by atoms with Crippen molar-refractivity contribution in [3.05, 3.63) is 59.0 Å². The van der Waals surface area contributed by atoms with Gasteiger partial charge in [-0.1, -0.05) is 0 Å². The van der Waals surface area contributed by atoms with Gasteiger partial charge in [0.25, 0.3) is 0 Å². The minimum absolute atomic E-state index is 0.00539. The minimum Gasteiger partial charge on any atom is -0.502 e. The lowest BCUT2D eigenvalue weighted by molar-refractivity contribution is -0.139. The highest BCUT2D eigenvalue weighted by Crippen LogP contribution is 2.41. The first kappa shape index (κ1) is 24.8. The maximum absolute atomic E-state index is 13.3. The first-order chi connectivity index (χ1) is 16.1. The van der Waals surface area contributed by atoms with E-state index in [1.807, 2.05) is 0 Å². The van der Waals surface area contributed by atoms with E-state index in [1.165, 1.54) is 26.4 Å². The van der Waals surface area contributed by atoms with Crippen molar-refractivity contribution >= 4 is 21.8 Å². The number of amides is 2. The number of phenols is 1. The Balaban J connectivity index is 2.17. The number of carbonyl (C=O) groups is 2. The third-order valence-corrected chi connectivity index (χ3v) is 6.65. The van der Waals surface area contributed by atoms with Gasteiger partial charge in [-0.05, 0) is 48.9 Å². The van der Waals surface area contributed by atoms with Gasteiger partial charge in [-0.3, -0.25) is 0 Å². The van der Waals surface area contributed by atoms with Crippen molar-refractivity contribution in [2.75, 3.05) is 26.6 Å². The molecule has 0 spiro atoms. The molecule has 0 unspecified atom stereocenters. The summed E-state index contributed by atoms with van der Waals surface area (Å²) in [5.41, 5.74) is -0.106. The van der Waals surface area contributed by atoms with Gasteiger partial charge in [0.05, 0.1) is 43.1 Å². The van der Waals surface area contributed by atoms with E-state index in [1.54, 1.807) is 6.92 Å². The number of halogens is 1. The zero-order chi connectivity index (χ0) is 25.0. The number of sulfone groups is 1. The lowest BCUT2D eigenvalue weighted by Crippen LogP contribution is -2.47. The molecule has 0 radical (unpaired) electrons. The molecular formula is C22H23FN2O8S. The van der Waals surface area contributed by atoms with Gasteiger partial charge in [0, 0.05) is 5.70 Å². The molecule has 0 fully saturated rings. The molecule has 3 N–H and O–H groups in total. The number of hydrogen-bond acceptors (Lipinski definition) is 8. The van der Waals surface area contributed by atoms with Crippen molar-refractivity contribution in [2.24, 2.45) is 0 Å². The van der Waals surface area contributed by atoms with Crippen LogP contribution >= 0.6 is 0 Å². The van der Waals surface area contributed by atoms with Crippen molar-refractivity contribution in [3.63, 3.8) is 0 Å². The summed E-state index contributed by atoms with van der Waals surface area (Å²) in [6.45, 7) is 1.56. The van der Waals surface area contributed by atoms with Crippen LogP contribution in [0.1, 0.15) is 18.5 Å². The Labute approximate surface area is 195 Å². The Morgan fingerprint density at radius 1 is 1.12 bits per heavy atom. The highest BCUT2D eigenvalue weighted by molar-refractivity contribution is 7.91. The molecule has 0 saturated carbocycles. The number of carbonyl (C=O) groups excluding carboxylic acids is 2. The van der Waals surface area contributed by atoms with Crippen molar-refractivity contribution in [1.29, 1.82) is 0 Å². The fourth-order valence-electron chi connectivity index (χ4n) is 3.43. The van der Waals surface area contributed by atoms with Crippen LogP contribution in [0.5, 0.6) is 17.2 Å². The van der Waals surface area contributed by atoms with E-state index in [9.17, 15) is 27.5 Å². The molecule has 12 heteroatoms. The summed E-state index contributed by atoms with van der Waals surface area (Å²) in [6, 6.07) is 4.98. The molecule has 2 amide bonds. The number of phenolic OH excluding ortho intramolecular Hbond substituents is 1. The van der Waals surface area contributed by atoms with Crippen LogP contribution in [-0.4, -0.2) is 52.1 Å². The van der Waals surface area contributed by atoms with E-state index in [4.69, 9.17) is 14.2 Å². The first-order valence-electron chi connectivity index (χ1n) is 10.0. The Morgan fingerprint density at radius 3 is 2.24 bits per heavy atom. The van der Waals surface area contributed by atoms with Crippen LogP contribution < -0.4 is 20.1 Å². The van der Waals surface area contributed by atoms with E-state index in [2.05, 4.69) is 10.6 Å². The molecular weight excluding hydrogens is 471 g/mol. The van der Waals surface area contributed by atoms with E-state index in [0.29, 0.717) is 0 Å². The smallest absolute Gasteiger partial charge is 0.338 e. The number of methoxy groups -OCH3 is 2. The van der Waals surface area contributed by atoms with Crippen LogP contribution in [0, 0.1) is 5.82 Å². The topological polar surface area (TPSA) is 140 Å². The maximum Gasteiger partial charge on any atom is 0.338 e. The second kappa shape index (κ2) is 10.00. The quantitative estimate of drug-likeness (QED) is 0.375. The monoisotopic (exact) mass is 494 g/mol. The maximum atomic E-state index is 13.3. The molecule has 1 atom stereocenters. The molecule has 0 aliphatic carbocycles. The van der Waals surface area contributed by atoms with E-state index in [-0.39, 0.29) is 45.6 Å². The van der Waals surface area contributed by atoms with Crippen LogP contribution in [0.25, 0.3) is 0 Å². The van der Waals surface area contributed by atoms with Gasteiger partial charge in [0.15, 0.2) is 21.3 Å². The summed E-state index contributed by atoms with van der Waals surface area (Å²) in [5, 5.41) is 15.2. The summed E-state index contributed by atoms with van der Waals surface area (Å²) in [5.74, 6) is -2.53. The van der Waals surface area contributed by atoms with Crippen LogP contribution in [0.15, 0.2) is 52.6 Å². The van der Waals surface area contributed by atoms with Crippen LogP contribution in [0.2, 0.25) is 0 Å². The van der Waals surface area contributed by atoms with Gasteiger partial charge < -0.3 is 30.0 Å². The first-order valence-corrected chi connectivity index (χ1v) is 11.7. The summed E-state index contributed by atoms with van der Waals surface area (Å²) < 4.78 is 54.6. The number of esters is 1. The zero-order valence-electron chi connectivity index (χ0n) is 18.5. The molecule has 0 bridgehead atoms. The minimum atomic E-state index is -4.08. The van der Waals surface area contributed by atoms with Gasteiger partial charge in [-0.2, -0.15) is 0 Å². The molecule has 1 heterocycles. The van der Waals surface area contributed by atoms with Crippen LogP contribution in [0.4, 0.5) is 9.18 Å². The third kappa shape index (κ3) is 5.06. The highest BCUT2D eigenvalue weighted by Gasteiger charge is 2.36. The molecule has 182 valence electrons. The molecule has 1 aliphatic rings. The van der Waals surface area contributed by atoms with Crippen molar-refractivity contribution in [1.82, 2.24) is 10.6 Å². The molecule has 34 heavy (non-hydrogen) atoms. The molecule has 10 nitrogen and oxygen atoms in total. The SMILES string of the molecule is CCOC(=O)C1=C(CS(=O)(=O)c2ccc(F)cc2)NC(=O)N[C@H]1c1cc(OC)c(O)c(OC)c1. The van der Waals surface area contributed by atoms with Crippen molar-refractivity contribution in [2.45, 2.75) is 17.9 Å². The number of nitrogens with one attached hydrogen (secondary N) is 2. The average Bonchev–Trinajstić information content (AvgIpc) is 2.79. The molecule has 2 aromatic carbocycles. The number of rotatable bonds is 8. The summed E-state index contributed by atoms with van der Waals surface area (Å²) >= 11 is 0. The fraction of sp³-hybridized carbons (Fsp3) is 0.273.